The van der Waals surface area contributed by atoms with Crippen LogP contribution in [0.15, 0.2) is 0 Å². The zero-order valence-electron chi connectivity index (χ0n) is 23.2. The van der Waals surface area contributed by atoms with Crippen molar-refractivity contribution in [3.63, 3.8) is 0 Å². The van der Waals surface area contributed by atoms with Gasteiger partial charge in [-0.15, -0.1) is 0 Å². The van der Waals surface area contributed by atoms with Crippen molar-refractivity contribution in [2.75, 3.05) is 0 Å². The molecule has 0 N–H and O–H groups in total. The predicted molar refractivity (Wildman–Crippen MR) is 140 cm³/mol. The third kappa shape index (κ3) is 6.33. The van der Waals surface area contributed by atoms with Crippen molar-refractivity contribution in [3.8, 4) is 0 Å². The quantitative estimate of drug-likeness (QED) is 0.284. The maximum Gasteiger partial charge on any atom is 0.192 e. The second kappa shape index (κ2) is 10.1. The number of hydrogen-bond acceptors (Lipinski definition) is 3. The van der Waals surface area contributed by atoms with Gasteiger partial charge in [-0.2, -0.15) is 0 Å². The number of ketones is 1. The van der Waals surface area contributed by atoms with E-state index in [0.29, 0.717) is 18.1 Å². The summed E-state index contributed by atoms with van der Waals surface area (Å²) < 4.78 is 13.8. The van der Waals surface area contributed by atoms with E-state index >= 15 is 0 Å². The molecule has 184 valence electrons. The van der Waals surface area contributed by atoms with Crippen LogP contribution < -0.4 is 0 Å². The maximum absolute atomic E-state index is 13.5. The third-order valence-electron chi connectivity index (χ3n) is 8.70. The number of carbonyl (C=O) groups excluding carboxylic acids is 1. The smallest absolute Gasteiger partial charge is 0.192 e. The molecule has 1 aliphatic rings. The van der Waals surface area contributed by atoms with E-state index in [9.17, 15) is 4.79 Å². The molecule has 0 spiro atoms. The second-order valence-electron chi connectivity index (χ2n) is 13.1. The summed E-state index contributed by atoms with van der Waals surface area (Å²) in [5.74, 6) is 0.899. The van der Waals surface area contributed by atoms with Crippen molar-refractivity contribution in [1.82, 2.24) is 0 Å². The predicted octanol–water partition coefficient (Wildman–Crippen LogP) is 8.35. The van der Waals surface area contributed by atoms with Crippen LogP contribution in [-0.4, -0.2) is 34.6 Å². The van der Waals surface area contributed by atoms with Gasteiger partial charge >= 0.3 is 0 Å². The third-order valence-corrected chi connectivity index (χ3v) is 17.7. The Kier molecular flexibility index (Phi) is 9.47. The fourth-order valence-electron chi connectivity index (χ4n) is 4.47. The van der Waals surface area contributed by atoms with Crippen LogP contribution in [-0.2, 0) is 13.6 Å². The molecule has 0 aromatic heterocycles. The van der Waals surface area contributed by atoms with Crippen molar-refractivity contribution >= 4 is 22.4 Å². The van der Waals surface area contributed by atoms with Crippen LogP contribution in [0.4, 0.5) is 0 Å². The summed E-state index contributed by atoms with van der Waals surface area (Å²) in [6.07, 6.45) is 5.69. The van der Waals surface area contributed by atoms with Gasteiger partial charge in [0.15, 0.2) is 16.6 Å². The molecular formula is C26H54O3Si2. The molecular weight excluding hydrogens is 416 g/mol. The Labute approximate surface area is 196 Å². The average molecular weight is 471 g/mol. The molecule has 2 atom stereocenters. The summed E-state index contributed by atoms with van der Waals surface area (Å²) in [6.45, 7) is 29.7. The fourth-order valence-corrected chi connectivity index (χ4v) is 7.40. The highest BCUT2D eigenvalue weighted by molar-refractivity contribution is 6.74. The molecule has 0 unspecified atom stereocenters. The van der Waals surface area contributed by atoms with E-state index in [0.717, 1.165) is 32.1 Å². The molecule has 1 rings (SSSR count). The lowest BCUT2D eigenvalue weighted by molar-refractivity contribution is -0.155. The molecule has 1 aliphatic carbocycles. The van der Waals surface area contributed by atoms with E-state index in [4.69, 9.17) is 8.85 Å². The van der Waals surface area contributed by atoms with Gasteiger partial charge < -0.3 is 8.85 Å². The summed E-state index contributed by atoms with van der Waals surface area (Å²) in [7, 11) is -3.78. The van der Waals surface area contributed by atoms with Crippen molar-refractivity contribution in [3.05, 3.63) is 0 Å². The highest BCUT2D eigenvalue weighted by Crippen LogP contribution is 2.56. The maximum atomic E-state index is 13.5. The highest BCUT2D eigenvalue weighted by atomic mass is 28.4. The molecule has 0 bridgehead atoms. The number of hydrogen-bond donors (Lipinski definition) is 0. The average Bonchev–Trinajstić information content (AvgIpc) is 2.56. The van der Waals surface area contributed by atoms with Crippen molar-refractivity contribution < 1.29 is 13.6 Å². The van der Waals surface area contributed by atoms with Gasteiger partial charge in [-0.05, 0) is 74.3 Å². The van der Waals surface area contributed by atoms with Gasteiger partial charge in [0.1, 0.15) is 5.78 Å². The van der Waals surface area contributed by atoms with E-state index in [-0.39, 0.29) is 27.7 Å². The number of carbonyl (C=O) groups is 1. The van der Waals surface area contributed by atoms with E-state index in [2.05, 4.69) is 88.5 Å². The Morgan fingerprint density at radius 1 is 0.871 bits per heavy atom. The molecule has 1 saturated carbocycles. The monoisotopic (exact) mass is 470 g/mol. The first kappa shape index (κ1) is 29.1. The van der Waals surface area contributed by atoms with E-state index in [1.807, 2.05) is 0 Å². The van der Waals surface area contributed by atoms with Crippen molar-refractivity contribution in [1.29, 1.82) is 0 Å². The molecule has 3 nitrogen and oxygen atoms in total. The topological polar surface area (TPSA) is 35.5 Å². The van der Waals surface area contributed by atoms with Gasteiger partial charge in [0, 0.05) is 12.5 Å². The van der Waals surface area contributed by atoms with Gasteiger partial charge in [0.25, 0.3) is 0 Å². The van der Waals surface area contributed by atoms with Gasteiger partial charge in [0.05, 0.1) is 11.5 Å². The molecule has 0 heterocycles. The Hall–Kier alpha value is 0.0238. The first-order valence-corrected chi connectivity index (χ1v) is 18.6. The molecule has 0 radical (unpaired) electrons. The SMILES string of the molecule is CCCC(=O)C1([C@H](CC)O[Si](C)(C)C(C)(C)C)CC([C@H](CC)O[Si](C)(C)C(C)(C)C)C1. The Bertz CT molecular complexity index is 593. The lowest BCUT2D eigenvalue weighted by Crippen LogP contribution is -2.60. The van der Waals surface area contributed by atoms with Crippen molar-refractivity contribution in [2.45, 2.75) is 149 Å². The largest absolute Gasteiger partial charge is 0.414 e. The van der Waals surface area contributed by atoms with Gasteiger partial charge in [-0.25, -0.2) is 0 Å². The van der Waals surface area contributed by atoms with E-state index in [1.54, 1.807) is 0 Å². The molecule has 0 saturated heterocycles. The summed E-state index contributed by atoms with van der Waals surface area (Å²) in [5.41, 5.74) is -0.310. The van der Waals surface area contributed by atoms with Crippen molar-refractivity contribution in [2.24, 2.45) is 11.3 Å². The highest BCUT2D eigenvalue weighted by Gasteiger charge is 2.58. The Balaban J connectivity index is 3.14. The number of rotatable bonds is 11. The summed E-state index contributed by atoms with van der Waals surface area (Å²) in [4.78, 5) is 13.5. The van der Waals surface area contributed by atoms with Gasteiger partial charge in [-0.1, -0.05) is 62.3 Å². The van der Waals surface area contributed by atoms with Crippen LogP contribution >= 0.6 is 0 Å². The standard InChI is InChI=1S/C26H54O3Si2/c1-14-17-22(27)26(23(16-3)29-31(12,13)25(7,8)9)18-20(19-26)21(15-2)28-30(10,11)24(4,5)6/h20-21,23H,14-19H2,1-13H3/t20?,21-,23-,26?/m0/s1. The second-order valence-corrected chi connectivity index (χ2v) is 22.6. The zero-order chi connectivity index (χ0) is 24.5. The molecule has 0 aromatic rings. The molecule has 31 heavy (non-hydrogen) atoms. The zero-order valence-corrected chi connectivity index (χ0v) is 25.2. The molecule has 5 heteroatoms. The fraction of sp³-hybridized carbons (Fsp3) is 0.962. The first-order chi connectivity index (χ1) is 13.9. The van der Waals surface area contributed by atoms with Crippen LogP contribution in [0.3, 0.4) is 0 Å². The Morgan fingerprint density at radius 3 is 1.68 bits per heavy atom. The number of Topliss-reactive ketones (excluding diaryl/α,β-unsaturated/α-hetero) is 1. The molecule has 0 aliphatic heterocycles. The van der Waals surface area contributed by atoms with Gasteiger partial charge in [-0.3, -0.25) is 4.79 Å². The van der Waals surface area contributed by atoms with Crippen LogP contribution in [0.1, 0.15) is 101 Å². The first-order valence-electron chi connectivity index (χ1n) is 12.8. The van der Waals surface area contributed by atoms with Crippen LogP contribution in [0.25, 0.3) is 0 Å². The summed E-state index contributed by atoms with van der Waals surface area (Å²) in [6, 6.07) is 0. The minimum absolute atomic E-state index is 0.0362. The summed E-state index contributed by atoms with van der Waals surface area (Å²) in [5, 5.41) is 0.354. The minimum Gasteiger partial charge on any atom is -0.414 e. The van der Waals surface area contributed by atoms with Crippen LogP contribution in [0.2, 0.25) is 36.3 Å². The molecule has 0 aromatic carbocycles. The lowest BCUT2D eigenvalue weighted by Gasteiger charge is -2.56. The summed E-state index contributed by atoms with van der Waals surface area (Å²) >= 11 is 0. The molecule has 1 fully saturated rings. The van der Waals surface area contributed by atoms with E-state index in [1.165, 1.54) is 0 Å². The normalized spacial score (nSPS) is 25.1. The Morgan fingerprint density at radius 2 is 1.32 bits per heavy atom. The lowest BCUT2D eigenvalue weighted by atomic mass is 9.54. The minimum atomic E-state index is -1.95. The van der Waals surface area contributed by atoms with Gasteiger partial charge in [0.2, 0.25) is 0 Å². The van der Waals surface area contributed by atoms with Crippen LogP contribution in [0.5, 0.6) is 0 Å². The molecule has 0 amide bonds. The van der Waals surface area contributed by atoms with Crippen LogP contribution in [0, 0.1) is 11.3 Å². The van der Waals surface area contributed by atoms with E-state index < -0.39 is 16.6 Å².